The highest BCUT2D eigenvalue weighted by molar-refractivity contribution is 5.99. The summed E-state index contributed by atoms with van der Waals surface area (Å²) >= 11 is 0. The number of Topliss-reactive ketones (excluding diaryl/α,β-unsaturated/α-hetero) is 1. The number of aromatic nitrogens is 2. The lowest BCUT2D eigenvalue weighted by atomic mass is 10.1. The molecule has 2 heterocycles. The number of nitrogens with zero attached hydrogens (tertiary/aromatic N) is 2. The molecule has 0 unspecified atom stereocenters. The highest BCUT2D eigenvalue weighted by atomic mass is 16.5. The molecule has 0 aliphatic carbocycles. The van der Waals surface area contributed by atoms with Crippen LogP contribution in [0.15, 0.2) is 40.9 Å². The molecule has 0 amide bonds. The van der Waals surface area contributed by atoms with Crippen LogP contribution in [0.2, 0.25) is 0 Å². The van der Waals surface area contributed by atoms with Gasteiger partial charge in [0.1, 0.15) is 0 Å². The molecule has 0 bridgehead atoms. The van der Waals surface area contributed by atoms with Gasteiger partial charge in [0, 0.05) is 36.0 Å². The molecule has 0 saturated heterocycles. The van der Waals surface area contributed by atoms with Crippen molar-refractivity contribution in [2.24, 2.45) is 7.05 Å². The number of esters is 1. The summed E-state index contributed by atoms with van der Waals surface area (Å²) in [5.74, 6) is 0.475. The van der Waals surface area contributed by atoms with Crippen LogP contribution < -0.4 is 0 Å². The minimum Gasteiger partial charge on any atom is -0.457 e. The second kappa shape index (κ2) is 8.25. The van der Waals surface area contributed by atoms with Crippen molar-refractivity contribution in [2.45, 2.75) is 33.6 Å². The number of benzene rings is 1. The van der Waals surface area contributed by atoms with E-state index in [9.17, 15) is 9.59 Å². The summed E-state index contributed by atoms with van der Waals surface area (Å²) in [7, 11) is 1.90. The fourth-order valence-electron chi connectivity index (χ4n) is 2.92. The van der Waals surface area contributed by atoms with Crippen LogP contribution in [0.4, 0.5) is 0 Å². The van der Waals surface area contributed by atoms with E-state index in [2.05, 4.69) is 4.98 Å². The monoisotopic (exact) mass is 380 g/mol. The molecular formula is C22H24N2O4. The van der Waals surface area contributed by atoms with Crippen molar-refractivity contribution in [1.29, 1.82) is 0 Å². The van der Waals surface area contributed by atoms with E-state index in [0.29, 0.717) is 23.6 Å². The molecule has 28 heavy (non-hydrogen) atoms. The van der Waals surface area contributed by atoms with Gasteiger partial charge in [0.25, 0.3) is 0 Å². The van der Waals surface area contributed by atoms with Gasteiger partial charge in [0.05, 0.1) is 12.6 Å². The lowest BCUT2D eigenvalue weighted by molar-refractivity contribution is -0.142. The first-order valence-corrected chi connectivity index (χ1v) is 9.18. The number of ketones is 1. The van der Waals surface area contributed by atoms with Crippen LogP contribution >= 0.6 is 0 Å². The third-order valence-corrected chi connectivity index (χ3v) is 4.87. The van der Waals surface area contributed by atoms with Crippen LogP contribution in [0.1, 0.15) is 39.6 Å². The van der Waals surface area contributed by atoms with Gasteiger partial charge in [-0.15, -0.1) is 0 Å². The molecule has 0 atom stereocenters. The molecule has 1 aromatic carbocycles. The van der Waals surface area contributed by atoms with Crippen LogP contribution in [0.3, 0.4) is 0 Å². The summed E-state index contributed by atoms with van der Waals surface area (Å²) in [6.45, 7) is 5.56. The maximum atomic E-state index is 12.3. The summed E-state index contributed by atoms with van der Waals surface area (Å²) < 4.78 is 12.8. The highest BCUT2D eigenvalue weighted by Gasteiger charge is 2.16. The van der Waals surface area contributed by atoms with Crippen molar-refractivity contribution < 1.29 is 18.7 Å². The molecule has 146 valence electrons. The Kier molecular flexibility index (Phi) is 5.78. The fourth-order valence-corrected chi connectivity index (χ4v) is 2.92. The number of carbonyl (C=O) groups excluding carboxylic acids is 2. The van der Waals surface area contributed by atoms with Crippen LogP contribution in [-0.2, 0) is 23.0 Å². The second-order valence-corrected chi connectivity index (χ2v) is 6.91. The molecule has 0 aliphatic heterocycles. The predicted molar refractivity (Wildman–Crippen MR) is 105 cm³/mol. The Morgan fingerprint density at radius 2 is 1.86 bits per heavy atom. The van der Waals surface area contributed by atoms with Gasteiger partial charge in [-0.2, -0.15) is 0 Å². The minimum absolute atomic E-state index is 0.105. The largest absolute Gasteiger partial charge is 0.457 e. The summed E-state index contributed by atoms with van der Waals surface area (Å²) in [6.07, 6.45) is 2.08. The first-order valence-electron chi connectivity index (χ1n) is 9.18. The zero-order chi connectivity index (χ0) is 20.3. The van der Waals surface area contributed by atoms with E-state index in [0.717, 1.165) is 17.0 Å². The molecule has 6 nitrogen and oxygen atoms in total. The Balaban J connectivity index is 1.50. The van der Waals surface area contributed by atoms with Crippen molar-refractivity contribution in [3.8, 4) is 11.3 Å². The Morgan fingerprint density at radius 1 is 1.14 bits per heavy atom. The summed E-state index contributed by atoms with van der Waals surface area (Å²) in [5.41, 5.74) is 4.54. The highest BCUT2D eigenvalue weighted by Crippen LogP contribution is 2.21. The molecule has 0 aliphatic rings. The molecule has 0 spiro atoms. The zero-order valence-corrected chi connectivity index (χ0v) is 16.6. The lowest BCUT2D eigenvalue weighted by Gasteiger charge is -2.04. The molecule has 0 fully saturated rings. The molecule has 2 aromatic heterocycles. The smallest absolute Gasteiger partial charge is 0.306 e. The fraction of sp³-hybridized carbons (Fsp3) is 0.318. The van der Waals surface area contributed by atoms with Gasteiger partial charge in [-0.25, -0.2) is 4.98 Å². The van der Waals surface area contributed by atoms with E-state index in [-0.39, 0.29) is 18.8 Å². The lowest BCUT2D eigenvalue weighted by Crippen LogP contribution is -2.15. The minimum atomic E-state index is -0.450. The molecule has 0 N–H and O–H groups in total. The number of carbonyl (C=O) groups is 2. The average molecular weight is 380 g/mol. The summed E-state index contributed by atoms with van der Waals surface area (Å²) in [5, 5.41) is 0. The number of hydrogen-bond acceptors (Lipinski definition) is 5. The molecule has 3 rings (SSSR count). The topological polar surface area (TPSA) is 74.3 Å². The van der Waals surface area contributed by atoms with Crippen molar-refractivity contribution in [2.75, 3.05) is 6.61 Å². The predicted octanol–water partition coefficient (Wildman–Crippen LogP) is 3.96. The van der Waals surface area contributed by atoms with Gasteiger partial charge in [0.2, 0.25) is 5.78 Å². The van der Waals surface area contributed by atoms with Gasteiger partial charge < -0.3 is 13.7 Å². The van der Waals surface area contributed by atoms with Gasteiger partial charge in [0.15, 0.2) is 18.3 Å². The van der Waals surface area contributed by atoms with Crippen LogP contribution in [-0.4, -0.2) is 27.9 Å². The van der Waals surface area contributed by atoms with E-state index in [1.807, 2.05) is 62.7 Å². The van der Waals surface area contributed by atoms with Crippen LogP contribution in [0.25, 0.3) is 11.3 Å². The molecule has 3 aromatic rings. The van der Waals surface area contributed by atoms with Crippen molar-refractivity contribution in [3.05, 3.63) is 64.9 Å². The average Bonchev–Trinajstić information content (AvgIpc) is 3.25. The zero-order valence-electron chi connectivity index (χ0n) is 16.6. The third kappa shape index (κ3) is 4.39. The van der Waals surface area contributed by atoms with Crippen molar-refractivity contribution in [3.63, 3.8) is 0 Å². The molecule has 0 radical (unpaired) electrons. The number of rotatable bonds is 7. The van der Waals surface area contributed by atoms with E-state index >= 15 is 0 Å². The normalized spacial score (nSPS) is 10.9. The molecular weight excluding hydrogens is 356 g/mol. The van der Waals surface area contributed by atoms with Gasteiger partial charge >= 0.3 is 5.97 Å². The first-order chi connectivity index (χ1) is 13.3. The van der Waals surface area contributed by atoms with Gasteiger partial charge in [-0.1, -0.05) is 29.8 Å². The molecule has 0 saturated carbocycles. The standard InChI is InChI=1S/C22H24N2O4/c1-14-5-7-17(8-6-14)20-12-23-21(28-20)9-10-22(26)27-13-19(25)18-11-15(2)24(4)16(18)3/h5-8,11-12H,9-10,13H2,1-4H3. The Bertz CT molecular complexity index is 996. The number of aryl methyl sites for hydroxylation is 3. The van der Waals surface area contributed by atoms with E-state index < -0.39 is 5.97 Å². The Labute approximate surface area is 164 Å². The van der Waals surface area contributed by atoms with Gasteiger partial charge in [-0.3, -0.25) is 9.59 Å². The van der Waals surface area contributed by atoms with Crippen molar-refractivity contribution >= 4 is 11.8 Å². The SMILES string of the molecule is Cc1ccc(-c2cnc(CCC(=O)OCC(=O)c3cc(C)n(C)c3C)o2)cc1. The van der Waals surface area contributed by atoms with Gasteiger partial charge in [-0.05, 0) is 26.8 Å². The van der Waals surface area contributed by atoms with E-state index in [1.165, 1.54) is 5.56 Å². The van der Waals surface area contributed by atoms with E-state index in [1.54, 1.807) is 6.20 Å². The maximum Gasteiger partial charge on any atom is 0.306 e. The van der Waals surface area contributed by atoms with Crippen LogP contribution in [0, 0.1) is 20.8 Å². The Morgan fingerprint density at radius 3 is 2.50 bits per heavy atom. The summed E-state index contributed by atoms with van der Waals surface area (Å²) in [4.78, 5) is 28.5. The van der Waals surface area contributed by atoms with Crippen LogP contribution in [0.5, 0.6) is 0 Å². The summed E-state index contributed by atoms with van der Waals surface area (Å²) in [6, 6.07) is 9.74. The number of ether oxygens (including phenoxy) is 1. The third-order valence-electron chi connectivity index (χ3n) is 4.87. The second-order valence-electron chi connectivity index (χ2n) is 6.91. The first kappa shape index (κ1) is 19.6. The number of oxazole rings is 1. The maximum absolute atomic E-state index is 12.3. The van der Waals surface area contributed by atoms with E-state index in [4.69, 9.17) is 9.15 Å². The van der Waals surface area contributed by atoms with Crippen molar-refractivity contribution in [1.82, 2.24) is 9.55 Å². The molecule has 6 heteroatoms. The quantitative estimate of drug-likeness (QED) is 0.458. The number of hydrogen-bond donors (Lipinski definition) is 0. The Hall–Kier alpha value is -3.15.